The Balaban J connectivity index is 2.58. The molecule has 0 radical (unpaired) electrons. The third-order valence-corrected chi connectivity index (χ3v) is 3.31. The fraction of sp³-hybridized carbons (Fsp3) is 0.625. The first-order chi connectivity index (χ1) is 8.29. The summed E-state index contributed by atoms with van der Waals surface area (Å²) >= 11 is 0. The van der Waals surface area contributed by atoms with Gasteiger partial charge in [0.05, 0.1) is 0 Å². The van der Waals surface area contributed by atoms with Gasteiger partial charge in [0.25, 0.3) is 0 Å². The average Bonchev–Trinajstić information content (AvgIpc) is 2.37. The Morgan fingerprint density at radius 2 is 1.71 bits per heavy atom. The zero-order valence-electron chi connectivity index (χ0n) is 11.7. The van der Waals surface area contributed by atoms with E-state index in [4.69, 9.17) is 0 Å². The number of rotatable bonds is 8. The highest BCUT2D eigenvalue weighted by atomic mass is 15.2. The van der Waals surface area contributed by atoms with Gasteiger partial charge in [0.2, 0.25) is 0 Å². The molecule has 1 aromatic carbocycles. The quantitative estimate of drug-likeness (QED) is 0.579. The van der Waals surface area contributed by atoms with Gasteiger partial charge in [-0.15, -0.1) is 0 Å². The highest BCUT2D eigenvalue weighted by Crippen LogP contribution is 2.19. The molecule has 0 heterocycles. The molecule has 0 aliphatic rings. The maximum atomic E-state index is 2.55. The number of hydrogen-bond acceptors (Lipinski definition) is 1. The minimum Gasteiger partial charge on any atom is -0.369 e. The van der Waals surface area contributed by atoms with Crippen LogP contribution in [0.4, 0.5) is 5.69 Å². The molecule has 1 aromatic rings. The van der Waals surface area contributed by atoms with E-state index in [0.29, 0.717) is 6.04 Å². The predicted molar refractivity (Wildman–Crippen MR) is 77.7 cm³/mol. The monoisotopic (exact) mass is 233 g/mol. The van der Waals surface area contributed by atoms with E-state index in [-0.39, 0.29) is 0 Å². The van der Waals surface area contributed by atoms with Crippen molar-refractivity contribution < 1.29 is 0 Å². The lowest BCUT2D eigenvalue weighted by molar-refractivity contribution is 0.543. The lowest BCUT2D eigenvalue weighted by atomic mass is 10.1. The molecule has 17 heavy (non-hydrogen) atoms. The van der Waals surface area contributed by atoms with Gasteiger partial charge in [-0.1, -0.05) is 51.3 Å². The van der Waals surface area contributed by atoms with Crippen LogP contribution in [0, 0.1) is 0 Å². The minimum absolute atomic E-state index is 0.656. The molecule has 1 atom stereocenters. The van der Waals surface area contributed by atoms with E-state index < -0.39 is 0 Å². The van der Waals surface area contributed by atoms with Gasteiger partial charge in [0, 0.05) is 18.3 Å². The molecule has 0 spiro atoms. The lowest BCUT2D eigenvalue weighted by Crippen LogP contribution is -2.33. The van der Waals surface area contributed by atoms with Crippen LogP contribution in [0.25, 0.3) is 0 Å². The molecule has 0 bridgehead atoms. The standard InChI is InChI=1S/C16H27N/c1-4-6-8-11-15(3)17(14-5-2)16-12-9-7-10-13-16/h7,9-10,12-13,15H,4-6,8,11,14H2,1-3H3. The van der Waals surface area contributed by atoms with Crippen molar-refractivity contribution in [1.29, 1.82) is 0 Å². The second-order valence-corrected chi connectivity index (χ2v) is 4.87. The summed E-state index contributed by atoms with van der Waals surface area (Å²) in [6, 6.07) is 11.5. The Labute approximate surface area is 107 Å². The van der Waals surface area contributed by atoms with Crippen LogP contribution in [-0.4, -0.2) is 12.6 Å². The maximum Gasteiger partial charge on any atom is 0.0368 e. The molecule has 96 valence electrons. The highest BCUT2D eigenvalue weighted by Gasteiger charge is 2.12. The van der Waals surface area contributed by atoms with Gasteiger partial charge in [-0.05, 0) is 31.9 Å². The molecular weight excluding hydrogens is 206 g/mol. The summed E-state index contributed by atoms with van der Waals surface area (Å²) in [6.45, 7) is 8.05. The van der Waals surface area contributed by atoms with E-state index in [2.05, 4.69) is 56.0 Å². The number of benzene rings is 1. The zero-order valence-corrected chi connectivity index (χ0v) is 11.7. The van der Waals surface area contributed by atoms with Gasteiger partial charge in [0.1, 0.15) is 0 Å². The van der Waals surface area contributed by atoms with Crippen LogP contribution in [-0.2, 0) is 0 Å². The van der Waals surface area contributed by atoms with Crippen molar-refractivity contribution >= 4 is 5.69 Å². The van der Waals surface area contributed by atoms with Crippen molar-refractivity contribution in [1.82, 2.24) is 0 Å². The van der Waals surface area contributed by atoms with Crippen molar-refractivity contribution in [2.24, 2.45) is 0 Å². The fourth-order valence-corrected chi connectivity index (χ4v) is 2.31. The summed E-state index contributed by atoms with van der Waals surface area (Å²) in [5, 5.41) is 0. The zero-order chi connectivity index (χ0) is 12.5. The van der Waals surface area contributed by atoms with Gasteiger partial charge in [-0.3, -0.25) is 0 Å². The first-order valence-electron chi connectivity index (χ1n) is 7.11. The first-order valence-corrected chi connectivity index (χ1v) is 7.11. The third-order valence-electron chi connectivity index (χ3n) is 3.31. The molecule has 0 aliphatic heterocycles. The molecule has 0 saturated carbocycles. The summed E-state index contributed by atoms with van der Waals surface area (Å²) in [5.41, 5.74) is 1.37. The van der Waals surface area contributed by atoms with Crippen molar-refractivity contribution in [3.8, 4) is 0 Å². The highest BCUT2D eigenvalue weighted by molar-refractivity contribution is 5.46. The van der Waals surface area contributed by atoms with E-state index in [1.54, 1.807) is 0 Å². The molecule has 1 nitrogen and oxygen atoms in total. The van der Waals surface area contributed by atoms with E-state index in [1.165, 1.54) is 37.8 Å². The largest absolute Gasteiger partial charge is 0.369 e. The minimum atomic E-state index is 0.656. The van der Waals surface area contributed by atoms with Crippen molar-refractivity contribution in [3.05, 3.63) is 30.3 Å². The van der Waals surface area contributed by atoms with Gasteiger partial charge < -0.3 is 4.90 Å². The molecule has 0 N–H and O–H groups in total. The van der Waals surface area contributed by atoms with E-state index in [1.807, 2.05) is 0 Å². The smallest absolute Gasteiger partial charge is 0.0368 e. The Morgan fingerprint density at radius 1 is 1.00 bits per heavy atom. The van der Waals surface area contributed by atoms with Gasteiger partial charge in [0.15, 0.2) is 0 Å². The molecule has 0 saturated heterocycles. The topological polar surface area (TPSA) is 3.24 Å². The van der Waals surface area contributed by atoms with Gasteiger partial charge >= 0.3 is 0 Å². The molecule has 1 rings (SSSR count). The Morgan fingerprint density at radius 3 is 2.29 bits per heavy atom. The fourth-order valence-electron chi connectivity index (χ4n) is 2.31. The van der Waals surface area contributed by atoms with Crippen LogP contribution in [0.3, 0.4) is 0 Å². The van der Waals surface area contributed by atoms with Crippen molar-refractivity contribution in [3.63, 3.8) is 0 Å². The summed E-state index contributed by atoms with van der Waals surface area (Å²) < 4.78 is 0. The molecule has 0 fully saturated rings. The number of para-hydroxylation sites is 1. The second kappa shape index (κ2) is 8.16. The van der Waals surface area contributed by atoms with Crippen LogP contribution in [0.2, 0.25) is 0 Å². The number of anilines is 1. The Hall–Kier alpha value is -0.980. The van der Waals surface area contributed by atoms with Crippen molar-refractivity contribution in [2.45, 2.75) is 58.9 Å². The van der Waals surface area contributed by atoms with Crippen molar-refractivity contribution in [2.75, 3.05) is 11.4 Å². The average molecular weight is 233 g/mol. The third kappa shape index (κ3) is 4.80. The molecular formula is C16H27N. The molecule has 1 heteroatoms. The number of hydrogen-bond donors (Lipinski definition) is 0. The SMILES string of the molecule is CCCCCC(C)N(CCC)c1ccccc1. The number of nitrogens with zero attached hydrogens (tertiary/aromatic N) is 1. The normalized spacial score (nSPS) is 12.4. The van der Waals surface area contributed by atoms with E-state index >= 15 is 0 Å². The van der Waals surface area contributed by atoms with Crippen LogP contribution in [0.1, 0.15) is 52.9 Å². The summed E-state index contributed by atoms with van der Waals surface area (Å²) in [7, 11) is 0. The summed E-state index contributed by atoms with van der Waals surface area (Å²) in [4.78, 5) is 2.55. The molecule has 0 aliphatic carbocycles. The van der Waals surface area contributed by atoms with E-state index in [9.17, 15) is 0 Å². The van der Waals surface area contributed by atoms with Crippen LogP contribution >= 0.6 is 0 Å². The predicted octanol–water partition coefficient (Wildman–Crippen LogP) is 4.87. The van der Waals surface area contributed by atoms with Crippen LogP contribution in [0.15, 0.2) is 30.3 Å². The second-order valence-electron chi connectivity index (χ2n) is 4.87. The first kappa shape index (κ1) is 14.1. The van der Waals surface area contributed by atoms with Gasteiger partial charge in [-0.25, -0.2) is 0 Å². The lowest BCUT2D eigenvalue weighted by Gasteiger charge is -2.31. The summed E-state index contributed by atoms with van der Waals surface area (Å²) in [6.07, 6.45) is 6.55. The van der Waals surface area contributed by atoms with Crippen LogP contribution < -0.4 is 4.90 Å². The molecule has 1 unspecified atom stereocenters. The molecule has 0 amide bonds. The van der Waals surface area contributed by atoms with Gasteiger partial charge in [-0.2, -0.15) is 0 Å². The Kier molecular flexibility index (Phi) is 6.76. The summed E-state index contributed by atoms with van der Waals surface area (Å²) in [5.74, 6) is 0. The maximum absolute atomic E-state index is 2.55. The van der Waals surface area contributed by atoms with E-state index in [0.717, 1.165) is 6.54 Å². The molecule has 0 aromatic heterocycles. The number of unbranched alkanes of at least 4 members (excludes halogenated alkanes) is 2. The van der Waals surface area contributed by atoms with Crippen LogP contribution in [0.5, 0.6) is 0 Å². The Bertz CT molecular complexity index is 281.